The van der Waals surface area contributed by atoms with Gasteiger partial charge in [-0.2, -0.15) is 13.9 Å². The molecule has 132 valence electrons. The molecule has 1 aliphatic carbocycles. The molecule has 1 amide bonds. The zero-order chi connectivity index (χ0) is 17.6. The van der Waals surface area contributed by atoms with Crippen LogP contribution in [-0.4, -0.2) is 44.8 Å². The number of carboxylic acid groups (broad SMARTS) is 1. The van der Waals surface area contributed by atoms with Gasteiger partial charge in [0.2, 0.25) is 5.91 Å². The summed E-state index contributed by atoms with van der Waals surface area (Å²) in [5.41, 5.74) is 1.19. The molecule has 0 unspecified atom stereocenters. The van der Waals surface area contributed by atoms with Crippen molar-refractivity contribution >= 4 is 11.9 Å². The Morgan fingerprint density at radius 2 is 1.96 bits per heavy atom. The molecule has 1 aromatic rings. The summed E-state index contributed by atoms with van der Waals surface area (Å²) >= 11 is 0. The van der Waals surface area contributed by atoms with Gasteiger partial charge in [-0.3, -0.25) is 9.59 Å². The van der Waals surface area contributed by atoms with E-state index in [-0.39, 0.29) is 30.5 Å². The van der Waals surface area contributed by atoms with Gasteiger partial charge in [0.25, 0.3) is 0 Å². The number of alkyl halides is 2. The fourth-order valence-corrected chi connectivity index (χ4v) is 3.70. The molecule has 2 aliphatic rings. The molecule has 1 N–H and O–H groups in total. The molecule has 24 heavy (non-hydrogen) atoms. The Balaban J connectivity index is 1.73. The van der Waals surface area contributed by atoms with Gasteiger partial charge in [0.1, 0.15) is 0 Å². The van der Waals surface area contributed by atoms with E-state index in [0.29, 0.717) is 28.4 Å². The molecule has 6 nitrogen and oxygen atoms in total. The van der Waals surface area contributed by atoms with Gasteiger partial charge >= 0.3 is 12.5 Å². The van der Waals surface area contributed by atoms with Crippen LogP contribution in [0.1, 0.15) is 36.3 Å². The largest absolute Gasteiger partial charge is 0.481 e. The van der Waals surface area contributed by atoms with E-state index in [2.05, 4.69) is 5.10 Å². The molecule has 2 fully saturated rings. The van der Waals surface area contributed by atoms with Crippen molar-refractivity contribution in [1.29, 1.82) is 0 Å². The van der Waals surface area contributed by atoms with E-state index in [1.54, 1.807) is 11.8 Å². The van der Waals surface area contributed by atoms with Gasteiger partial charge in [0.15, 0.2) is 0 Å². The lowest BCUT2D eigenvalue weighted by atomic mass is 9.92. The molecule has 2 atom stereocenters. The highest BCUT2D eigenvalue weighted by atomic mass is 19.3. The minimum atomic E-state index is -2.74. The Kier molecular flexibility index (Phi) is 4.31. The van der Waals surface area contributed by atoms with E-state index in [1.807, 2.05) is 0 Å². The number of carboxylic acids is 1. The maximum absolute atomic E-state index is 12.9. The maximum atomic E-state index is 12.9. The van der Waals surface area contributed by atoms with Crippen molar-refractivity contribution in [3.8, 4) is 0 Å². The second-order valence-electron chi connectivity index (χ2n) is 6.79. The third-order valence-corrected chi connectivity index (χ3v) is 5.25. The number of aromatic nitrogens is 2. The van der Waals surface area contributed by atoms with Crippen molar-refractivity contribution in [2.24, 2.45) is 17.8 Å². The predicted octanol–water partition coefficient (Wildman–Crippen LogP) is 2.01. The minimum absolute atomic E-state index is 0.0115. The first kappa shape index (κ1) is 16.9. The van der Waals surface area contributed by atoms with Crippen LogP contribution in [0, 0.1) is 31.6 Å². The van der Waals surface area contributed by atoms with Crippen molar-refractivity contribution in [3.05, 3.63) is 17.0 Å². The number of carbonyl (C=O) groups is 2. The molecule has 0 spiro atoms. The average molecular weight is 341 g/mol. The Morgan fingerprint density at radius 3 is 2.46 bits per heavy atom. The van der Waals surface area contributed by atoms with E-state index in [0.717, 1.165) is 12.8 Å². The van der Waals surface area contributed by atoms with Gasteiger partial charge < -0.3 is 10.0 Å². The second kappa shape index (κ2) is 6.14. The summed E-state index contributed by atoms with van der Waals surface area (Å²) in [5, 5.41) is 13.2. The lowest BCUT2D eigenvalue weighted by Crippen LogP contribution is -2.31. The number of hydrogen-bond donors (Lipinski definition) is 1. The lowest BCUT2D eigenvalue weighted by Gasteiger charge is -2.16. The predicted molar refractivity (Wildman–Crippen MR) is 80.6 cm³/mol. The van der Waals surface area contributed by atoms with Crippen LogP contribution in [0.2, 0.25) is 0 Å². The zero-order valence-corrected chi connectivity index (χ0v) is 13.7. The van der Waals surface area contributed by atoms with E-state index in [4.69, 9.17) is 0 Å². The summed E-state index contributed by atoms with van der Waals surface area (Å²) in [7, 11) is 0. The monoisotopic (exact) mass is 341 g/mol. The van der Waals surface area contributed by atoms with E-state index in [1.165, 1.54) is 6.92 Å². The number of carbonyl (C=O) groups excluding carboxylic acids is 1. The summed E-state index contributed by atoms with van der Waals surface area (Å²) in [5.74, 6) is -1.19. The number of likely N-dealkylation sites (tertiary alicyclic amines) is 1. The number of rotatable bonds is 5. The quantitative estimate of drug-likeness (QED) is 0.889. The Morgan fingerprint density at radius 1 is 1.29 bits per heavy atom. The average Bonchev–Trinajstić information content (AvgIpc) is 3.19. The van der Waals surface area contributed by atoms with Crippen LogP contribution in [0.3, 0.4) is 0 Å². The molecule has 0 radical (unpaired) electrons. The molecular weight excluding hydrogens is 320 g/mol. The van der Waals surface area contributed by atoms with E-state index < -0.39 is 18.4 Å². The van der Waals surface area contributed by atoms with Gasteiger partial charge in [-0.1, -0.05) is 0 Å². The number of amides is 1. The first-order valence-corrected chi connectivity index (χ1v) is 8.13. The summed E-state index contributed by atoms with van der Waals surface area (Å²) in [6.07, 6.45) is 2.03. The molecule has 8 heteroatoms. The van der Waals surface area contributed by atoms with Crippen LogP contribution in [0.4, 0.5) is 8.78 Å². The molecule has 1 aromatic heterocycles. The van der Waals surface area contributed by atoms with Crippen LogP contribution in [0.15, 0.2) is 0 Å². The molecule has 1 aliphatic heterocycles. The van der Waals surface area contributed by atoms with Gasteiger partial charge in [-0.25, -0.2) is 4.68 Å². The number of aliphatic carboxylic acids is 1. The van der Waals surface area contributed by atoms with Crippen LogP contribution in [-0.2, 0) is 16.0 Å². The SMILES string of the molecule is Cc1nn(C(F)F)c(C)c1CC(=O)N1C[C@H](C(=O)O)[C@@H](C2CC2)C1. The zero-order valence-electron chi connectivity index (χ0n) is 13.7. The Labute approximate surface area is 138 Å². The van der Waals surface area contributed by atoms with E-state index >= 15 is 0 Å². The summed E-state index contributed by atoms with van der Waals surface area (Å²) in [6.45, 7) is 1.03. The number of aryl methyl sites for hydroxylation is 1. The fourth-order valence-electron chi connectivity index (χ4n) is 3.70. The van der Waals surface area contributed by atoms with Gasteiger partial charge in [-0.05, 0) is 38.5 Å². The molecule has 0 bridgehead atoms. The van der Waals surface area contributed by atoms with Crippen molar-refractivity contribution in [3.63, 3.8) is 0 Å². The fraction of sp³-hybridized carbons (Fsp3) is 0.688. The molecule has 3 rings (SSSR count). The van der Waals surface area contributed by atoms with Gasteiger partial charge in [0, 0.05) is 24.3 Å². The third-order valence-electron chi connectivity index (χ3n) is 5.25. The topological polar surface area (TPSA) is 75.4 Å². The molecule has 1 saturated heterocycles. The second-order valence-corrected chi connectivity index (χ2v) is 6.79. The maximum Gasteiger partial charge on any atom is 0.333 e. The number of halogens is 2. The van der Waals surface area contributed by atoms with E-state index in [9.17, 15) is 23.5 Å². The first-order chi connectivity index (χ1) is 11.3. The Bertz CT molecular complexity index is 670. The van der Waals surface area contributed by atoms with Crippen molar-refractivity contribution in [1.82, 2.24) is 14.7 Å². The van der Waals surface area contributed by atoms with Crippen molar-refractivity contribution < 1.29 is 23.5 Å². The van der Waals surface area contributed by atoms with Crippen LogP contribution < -0.4 is 0 Å². The summed E-state index contributed by atoms with van der Waals surface area (Å²) in [6, 6.07) is 0. The highest BCUT2D eigenvalue weighted by Crippen LogP contribution is 2.44. The summed E-state index contributed by atoms with van der Waals surface area (Å²) < 4.78 is 26.4. The molecular formula is C16H21F2N3O3. The normalized spacial score (nSPS) is 24.0. The van der Waals surface area contributed by atoms with Gasteiger partial charge in [-0.15, -0.1) is 0 Å². The molecule has 0 aromatic carbocycles. The van der Waals surface area contributed by atoms with Gasteiger partial charge in [0.05, 0.1) is 18.0 Å². The van der Waals surface area contributed by atoms with Crippen LogP contribution in [0.25, 0.3) is 0 Å². The van der Waals surface area contributed by atoms with Crippen molar-refractivity contribution in [2.45, 2.75) is 39.7 Å². The third kappa shape index (κ3) is 3.01. The number of nitrogens with zero attached hydrogens (tertiary/aromatic N) is 3. The lowest BCUT2D eigenvalue weighted by molar-refractivity contribution is -0.142. The first-order valence-electron chi connectivity index (χ1n) is 8.13. The van der Waals surface area contributed by atoms with Crippen LogP contribution in [0.5, 0.6) is 0 Å². The van der Waals surface area contributed by atoms with Crippen LogP contribution >= 0.6 is 0 Å². The highest BCUT2D eigenvalue weighted by Gasteiger charge is 2.46. The standard InChI is InChI=1S/C16H21F2N3O3/c1-8-11(9(2)21(19-8)16(17)18)5-14(22)20-6-12(10-3-4-10)13(7-20)15(23)24/h10,12-13,16H,3-7H2,1-2H3,(H,23,24)/t12-,13+/m1/s1. The number of hydrogen-bond acceptors (Lipinski definition) is 3. The highest BCUT2D eigenvalue weighted by molar-refractivity contribution is 5.81. The van der Waals surface area contributed by atoms with Crippen molar-refractivity contribution in [2.75, 3.05) is 13.1 Å². The minimum Gasteiger partial charge on any atom is -0.481 e. The summed E-state index contributed by atoms with van der Waals surface area (Å²) in [4.78, 5) is 25.6. The molecule has 2 heterocycles. The Hall–Kier alpha value is -1.99. The smallest absolute Gasteiger partial charge is 0.333 e. The molecule has 1 saturated carbocycles.